The minimum atomic E-state index is -0.358. The molecule has 0 amide bonds. The Labute approximate surface area is 106 Å². The molecule has 3 nitrogen and oxygen atoms in total. The maximum atomic E-state index is 11.6. The number of esters is 1. The molecule has 1 rings (SSSR count). The molecule has 0 saturated carbocycles. The lowest BCUT2D eigenvalue weighted by atomic mass is 10.1. The van der Waals surface area contributed by atoms with Gasteiger partial charge in [-0.25, -0.2) is 4.79 Å². The van der Waals surface area contributed by atoms with Crippen molar-refractivity contribution in [2.75, 3.05) is 25.7 Å². The summed E-state index contributed by atoms with van der Waals surface area (Å²) in [7, 11) is 0. The van der Waals surface area contributed by atoms with Gasteiger partial charge in [0, 0.05) is 5.88 Å². The Balaban J connectivity index is 2.38. The summed E-state index contributed by atoms with van der Waals surface area (Å²) in [6.45, 7) is 4.70. The predicted molar refractivity (Wildman–Crippen MR) is 68.4 cm³/mol. The van der Waals surface area contributed by atoms with Gasteiger partial charge in [0.15, 0.2) is 0 Å². The molecule has 0 aliphatic heterocycles. The molecule has 0 heterocycles. The van der Waals surface area contributed by atoms with Gasteiger partial charge >= 0.3 is 5.97 Å². The van der Waals surface area contributed by atoms with Crippen molar-refractivity contribution in [2.24, 2.45) is 0 Å². The molecule has 0 unspecified atom stereocenters. The second-order valence-corrected chi connectivity index (χ2v) is 3.64. The number of carbonyl (C=O) groups excluding carboxylic acids is 1. The summed E-state index contributed by atoms with van der Waals surface area (Å²) in [6.07, 6.45) is 1.68. The summed E-state index contributed by atoms with van der Waals surface area (Å²) in [5, 5.41) is 0. The van der Waals surface area contributed by atoms with Crippen LogP contribution in [0.25, 0.3) is 6.08 Å². The predicted octanol–water partition coefficient (Wildman–Crippen LogP) is 2.74. The third-order valence-electron chi connectivity index (χ3n) is 2.04. The minimum Gasteiger partial charge on any atom is -0.460 e. The van der Waals surface area contributed by atoms with Crippen molar-refractivity contribution in [3.63, 3.8) is 0 Å². The minimum absolute atomic E-state index is 0.230. The standard InChI is InChI=1S/C13H15ClO3/c1-2-11-4-3-5-12(10-11)13(15)17-9-8-16-7-6-14/h2-5,10H,1,6-9H2. The number of rotatable bonds is 7. The van der Waals surface area contributed by atoms with Crippen LogP contribution >= 0.6 is 11.6 Å². The summed E-state index contributed by atoms with van der Waals surface area (Å²) in [4.78, 5) is 11.6. The van der Waals surface area contributed by atoms with E-state index in [9.17, 15) is 4.79 Å². The van der Waals surface area contributed by atoms with E-state index in [0.29, 0.717) is 24.7 Å². The fourth-order valence-corrected chi connectivity index (χ4v) is 1.33. The highest BCUT2D eigenvalue weighted by Crippen LogP contribution is 2.07. The Morgan fingerprint density at radius 1 is 1.35 bits per heavy atom. The molecular weight excluding hydrogens is 240 g/mol. The van der Waals surface area contributed by atoms with Gasteiger partial charge < -0.3 is 9.47 Å². The number of hydrogen-bond donors (Lipinski definition) is 0. The topological polar surface area (TPSA) is 35.5 Å². The van der Waals surface area contributed by atoms with Crippen molar-refractivity contribution in [1.82, 2.24) is 0 Å². The van der Waals surface area contributed by atoms with Crippen LogP contribution in [0.2, 0.25) is 0 Å². The molecule has 1 aromatic rings. The number of hydrogen-bond acceptors (Lipinski definition) is 3. The van der Waals surface area contributed by atoms with Crippen molar-refractivity contribution in [3.8, 4) is 0 Å². The van der Waals surface area contributed by atoms with E-state index < -0.39 is 0 Å². The number of halogens is 1. The Bertz CT molecular complexity index is 377. The number of benzene rings is 1. The highest BCUT2D eigenvalue weighted by Gasteiger charge is 2.06. The lowest BCUT2D eigenvalue weighted by Crippen LogP contribution is -2.11. The van der Waals surface area contributed by atoms with Crippen LogP contribution in [-0.4, -0.2) is 31.7 Å². The Morgan fingerprint density at radius 3 is 2.88 bits per heavy atom. The molecule has 0 N–H and O–H groups in total. The third kappa shape index (κ3) is 5.02. The van der Waals surface area contributed by atoms with Crippen LogP contribution in [-0.2, 0) is 9.47 Å². The number of carbonyl (C=O) groups is 1. The zero-order valence-electron chi connectivity index (χ0n) is 9.52. The maximum absolute atomic E-state index is 11.6. The van der Waals surface area contributed by atoms with E-state index in [4.69, 9.17) is 21.1 Å². The molecule has 0 spiro atoms. The van der Waals surface area contributed by atoms with Crippen LogP contribution in [0.15, 0.2) is 30.8 Å². The first kappa shape index (κ1) is 13.7. The van der Waals surface area contributed by atoms with Crippen molar-refractivity contribution in [1.29, 1.82) is 0 Å². The first-order valence-electron chi connectivity index (χ1n) is 5.31. The molecule has 0 bridgehead atoms. The average molecular weight is 255 g/mol. The van der Waals surface area contributed by atoms with Gasteiger partial charge in [-0.3, -0.25) is 0 Å². The summed E-state index contributed by atoms with van der Waals surface area (Å²) in [5.74, 6) is 0.0816. The first-order valence-corrected chi connectivity index (χ1v) is 5.84. The van der Waals surface area contributed by atoms with Gasteiger partial charge in [0.1, 0.15) is 6.61 Å². The molecule has 0 atom stereocenters. The van der Waals surface area contributed by atoms with Gasteiger partial charge in [0.25, 0.3) is 0 Å². The molecule has 1 aromatic carbocycles. The second-order valence-electron chi connectivity index (χ2n) is 3.27. The van der Waals surface area contributed by atoms with E-state index in [-0.39, 0.29) is 12.6 Å². The van der Waals surface area contributed by atoms with Crippen LogP contribution in [0.4, 0.5) is 0 Å². The zero-order valence-corrected chi connectivity index (χ0v) is 10.3. The second kappa shape index (κ2) is 7.87. The maximum Gasteiger partial charge on any atom is 0.338 e. The van der Waals surface area contributed by atoms with E-state index in [0.717, 1.165) is 5.56 Å². The molecular formula is C13H15ClO3. The molecule has 0 aromatic heterocycles. The van der Waals surface area contributed by atoms with Gasteiger partial charge in [0.05, 0.1) is 18.8 Å². The monoisotopic (exact) mass is 254 g/mol. The van der Waals surface area contributed by atoms with Crippen LogP contribution < -0.4 is 0 Å². The molecule has 4 heteroatoms. The lowest BCUT2D eigenvalue weighted by Gasteiger charge is -2.05. The lowest BCUT2D eigenvalue weighted by molar-refractivity contribution is 0.0338. The van der Waals surface area contributed by atoms with Crippen LogP contribution in [0.5, 0.6) is 0 Å². The fourth-order valence-electron chi connectivity index (χ4n) is 1.23. The van der Waals surface area contributed by atoms with E-state index in [1.807, 2.05) is 6.07 Å². The molecule has 92 valence electrons. The molecule has 0 saturated heterocycles. The molecule has 0 aliphatic rings. The van der Waals surface area contributed by atoms with Gasteiger partial charge in [0.2, 0.25) is 0 Å². The van der Waals surface area contributed by atoms with E-state index >= 15 is 0 Å². The van der Waals surface area contributed by atoms with Gasteiger partial charge in [-0.05, 0) is 17.7 Å². The van der Waals surface area contributed by atoms with E-state index in [2.05, 4.69) is 6.58 Å². The van der Waals surface area contributed by atoms with E-state index in [1.54, 1.807) is 24.3 Å². The highest BCUT2D eigenvalue weighted by atomic mass is 35.5. The van der Waals surface area contributed by atoms with Gasteiger partial charge in [-0.15, -0.1) is 11.6 Å². The van der Waals surface area contributed by atoms with Crippen LogP contribution in [0, 0.1) is 0 Å². The molecule has 0 radical (unpaired) electrons. The molecule has 0 aliphatic carbocycles. The summed E-state index contributed by atoms with van der Waals surface area (Å²) >= 11 is 5.43. The first-order chi connectivity index (χ1) is 8.27. The van der Waals surface area contributed by atoms with E-state index in [1.165, 1.54) is 0 Å². The normalized spacial score (nSPS) is 9.94. The zero-order chi connectivity index (χ0) is 12.5. The largest absolute Gasteiger partial charge is 0.460 e. The average Bonchev–Trinajstić information content (AvgIpc) is 2.38. The SMILES string of the molecule is C=Cc1cccc(C(=O)OCCOCCCl)c1. The quantitative estimate of drug-likeness (QED) is 0.426. The summed E-state index contributed by atoms with van der Waals surface area (Å²) in [5.41, 5.74) is 1.40. The van der Waals surface area contributed by atoms with Gasteiger partial charge in [-0.1, -0.05) is 24.8 Å². The fraction of sp³-hybridized carbons (Fsp3) is 0.308. The van der Waals surface area contributed by atoms with Crippen molar-refractivity contribution >= 4 is 23.6 Å². The highest BCUT2D eigenvalue weighted by molar-refractivity contribution is 6.17. The number of ether oxygens (including phenoxy) is 2. The van der Waals surface area contributed by atoms with Gasteiger partial charge in [-0.2, -0.15) is 0 Å². The van der Waals surface area contributed by atoms with Crippen molar-refractivity contribution in [3.05, 3.63) is 42.0 Å². The molecule has 17 heavy (non-hydrogen) atoms. The number of alkyl halides is 1. The van der Waals surface area contributed by atoms with Crippen molar-refractivity contribution in [2.45, 2.75) is 0 Å². The summed E-state index contributed by atoms with van der Waals surface area (Å²) in [6, 6.07) is 7.09. The third-order valence-corrected chi connectivity index (χ3v) is 2.19. The van der Waals surface area contributed by atoms with Crippen LogP contribution in [0.1, 0.15) is 15.9 Å². The Hall–Kier alpha value is -1.32. The molecule has 0 fully saturated rings. The smallest absolute Gasteiger partial charge is 0.338 e. The van der Waals surface area contributed by atoms with Crippen LogP contribution in [0.3, 0.4) is 0 Å². The Morgan fingerprint density at radius 2 is 2.18 bits per heavy atom. The Kier molecular flexibility index (Phi) is 6.37. The van der Waals surface area contributed by atoms with Crippen molar-refractivity contribution < 1.29 is 14.3 Å². The summed E-state index contributed by atoms with van der Waals surface area (Å²) < 4.78 is 10.1.